The fourth-order valence-electron chi connectivity index (χ4n) is 1.76. The Bertz CT molecular complexity index is 496. The van der Waals surface area contributed by atoms with Gasteiger partial charge in [-0.25, -0.2) is 0 Å². The van der Waals surface area contributed by atoms with Crippen LogP contribution < -0.4 is 0 Å². The SMILES string of the molecule is CN(Cc1ccccc1)C(=O)Cc1ccncc1. The largest absolute Gasteiger partial charge is 0.341 e. The summed E-state index contributed by atoms with van der Waals surface area (Å²) in [5, 5.41) is 0. The number of carbonyl (C=O) groups is 1. The van der Waals surface area contributed by atoms with Crippen molar-refractivity contribution in [3.63, 3.8) is 0 Å². The van der Waals surface area contributed by atoms with E-state index in [0.29, 0.717) is 13.0 Å². The smallest absolute Gasteiger partial charge is 0.227 e. The van der Waals surface area contributed by atoms with E-state index < -0.39 is 0 Å². The zero-order valence-electron chi connectivity index (χ0n) is 10.4. The molecule has 0 spiro atoms. The van der Waals surface area contributed by atoms with Crippen molar-refractivity contribution in [1.82, 2.24) is 9.88 Å². The number of nitrogens with zero attached hydrogens (tertiary/aromatic N) is 2. The van der Waals surface area contributed by atoms with Gasteiger partial charge in [-0.3, -0.25) is 9.78 Å². The number of likely N-dealkylation sites (N-methyl/N-ethyl adjacent to an activating group) is 1. The summed E-state index contributed by atoms with van der Waals surface area (Å²) >= 11 is 0. The third kappa shape index (κ3) is 3.42. The Morgan fingerprint density at radius 1 is 1.06 bits per heavy atom. The van der Waals surface area contributed by atoms with Gasteiger partial charge in [0.15, 0.2) is 0 Å². The number of benzene rings is 1. The first-order chi connectivity index (χ1) is 8.75. The van der Waals surface area contributed by atoms with E-state index in [1.807, 2.05) is 49.5 Å². The summed E-state index contributed by atoms with van der Waals surface area (Å²) < 4.78 is 0. The van der Waals surface area contributed by atoms with Crippen LogP contribution in [0, 0.1) is 0 Å². The second-order valence-corrected chi connectivity index (χ2v) is 4.27. The molecule has 0 aliphatic heterocycles. The fourth-order valence-corrected chi connectivity index (χ4v) is 1.76. The average Bonchev–Trinajstić information content (AvgIpc) is 2.41. The molecule has 3 nitrogen and oxygen atoms in total. The van der Waals surface area contributed by atoms with Gasteiger partial charge in [-0.05, 0) is 23.3 Å². The predicted octanol–water partition coefficient (Wildman–Crippen LogP) is 2.28. The van der Waals surface area contributed by atoms with Crippen molar-refractivity contribution in [2.45, 2.75) is 13.0 Å². The van der Waals surface area contributed by atoms with E-state index in [-0.39, 0.29) is 5.91 Å². The molecule has 1 aromatic heterocycles. The highest BCUT2D eigenvalue weighted by Crippen LogP contribution is 2.05. The van der Waals surface area contributed by atoms with Crippen LogP contribution in [0.4, 0.5) is 0 Å². The summed E-state index contributed by atoms with van der Waals surface area (Å²) in [7, 11) is 1.83. The molecule has 0 N–H and O–H groups in total. The molecule has 0 saturated heterocycles. The van der Waals surface area contributed by atoms with Crippen molar-refractivity contribution in [2.24, 2.45) is 0 Å². The van der Waals surface area contributed by atoms with Gasteiger partial charge in [0, 0.05) is 26.0 Å². The van der Waals surface area contributed by atoms with Gasteiger partial charge in [0.1, 0.15) is 0 Å². The molecule has 3 heteroatoms. The molecule has 0 unspecified atom stereocenters. The van der Waals surface area contributed by atoms with Crippen molar-refractivity contribution in [1.29, 1.82) is 0 Å². The lowest BCUT2D eigenvalue weighted by molar-refractivity contribution is -0.129. The highest BCUT2D eigenvalue weighted by molar-refractivity contribution is 5.78. The van der Waals surface area contributed by atoms with E-state index in [4.69, 9.17) is 0 Å². The van der Waals surface area contributed by atoms with Gasteiger partial charge in [0.2, 0.25) is 5.91 Å². The quantitative estimate of drug-likeness (QED) is 0.821. The monoisotopic (exact) mass is 240 g/mol. The minimum absolute atomic E-state index is 0.116. The first-order valence-electron chi connectivity index (χ1n) is 5.92. The van der Waals surface area contributed by atoms with Crippen molar-refractivity contribution in [3.05, 3.63) is 66.0 Å². The Labute approximate surface area is 107 Å². The normalized spacial score (nSPS) is 10.1. The van der Waals surface area contributed by atoms with Gasteiger partial charge in [-0.15, -0.1) is 0 Å². The van der Waals surface area contributed by atoms with Crippen LogP contribution in [-0.2, 0) is 17.8 Å². The van der Waals surface area contributed by atoms with Crippen LogP contribution in [0.25, 0.3) is 0 Å². The molecule has 0 bridgehead atoms. The molecule has 0 aliphatic rings. The minimum atomic E-state index is 0.116. The van der Waals surface area contributed by atoms with Gasteiger partial charge in [0.05, 0.1) is 6.42 Å². The Hall–Kier alpha value is -2.16. The van der Waals surface area contributed by atoms with Crippen LogP contribution in [0.3, 0.4) is 0 Å². The molecule has 0 aliphatic carbocycles. The Morgan fingerprint density at radius 3 is 2.39 bits per heavy atom. The highest BCUT2D eigenvalue weighted by Gasteiger charge is 2.09. The number of rotatable bonds is 4. The molecular formula is C15H16N2O. The van der Waals surface area contributed by atoms with Crippen LogP contribution >= 0.6 is 0 Å². The van der Waals surface area contributed by atoms with Crippen LogP contribution in [0.15, 0.2) is 54.9 Å². The standard InChI is InChI=1S/C15H16N2O/c1-17(12-14-5-3-2-4-6-14)15(18)11-13-7-9-16-10-8-13/h2-10H,11-12H2,1H3. The lowest BCUT2D eigenvalue weighted by Crippen LogP contribution is -2.27. The highest BCUT2D eigenvalue weighted by atomic mass is 16.2. The molecule has 92 valence electrons. The Balaban J connectivity index is 1.93. The van der Waals surface area contributed by atoms with Crippen molar-refractivity contribution in [2.75, 3.05) is 7.05 Å². The molecule has 0 radical (unpaired) electrons. The number of aromatic nitrogens is 1. The van der Waals surface area contributed by atoms with Gasteiger partial charge in [0.25, 0.3) is 0 Å². The van der Waals surface area contributed by atoms with E-state index in [0.717, 1.165) is 11.1 Å². The van der Waals surface area contributed by atoms with Gasteiger partial charge in [-0.1, -0.05) is 30.3 Å². The zero-order valence-corrected chi connectivity index (χ0v) is 10.4. The van der Waals surface area contributed by atoms with E-state index in [1.165, 1.54) is 0 Å². The molecule has 2 rings (SSSR count). The third-order valence-corrected chi connectivity index (χ3v) is 2.79. The Morgan fingerprint density at radius 2 is 1.72 bits per heavy atom. The molecular weight excluding hydrogens is 224 g/mol. The summed E-state index contributed by atoms with van der Waals surface area (Å²) in [6, 6.07) is 13.7. The maximum absolute atomic E-state index is 12.0. The minimum Gasteiger partial charge on any atom is -0.341 e. The number of carbonyl (C=O) groups excluding carboxylic acids is 1. The Kier molecular flexibility index (Phi) is 4.07. The summed E-state index contributed by atoms with van der Waals surface area (Å²) in [6.07, 6.45) is 3.84. The molecule has 1 aromatic carbocycles. The van der Waals surface area contributed by atoms with Crippen molar-refractivity contribution in [3.8, 4) is 0 Å². The van der Waals surface area contributed by atoms with Crippen LogP contribution in [0.5, 0.6) is 0 Å². The molecule has 0 saturated carbocycles. The lowest BCUT2D eigenvalue weighted by atomic mass is 10.1. The van der Waals surface area contributed by atoms with E-state index in [1.54, 1.807) is 17.3 Å². The van der Waals surface area contributed by atoms with Gasteiger partial charge in [-0.2, -0.15) is 0 Å². The molecule has 1 heterocycles. The van der Waals surface area contributed by atoms with Crippen LogP contribution in [0.2, 0.25) is 0 Å². The number of pyridine rings is 1. The number of hydrogen-bond donors (Lipinski definition) is 0. The lowest BCUT2D eigenvalue weighted by Gasteiger charge is -2.17. The molecule has 2 aromatic rings. The fraction of sp³-hybridized carbons (Fsp3) is 0.200. The van der Waals surface area contributed by atoms with E-state index in [2.05, 4.69) is 4.98 Å². The molecule has 1 amide bonds. The van der Waals surface area contributed by atoms with Crippen molar-refractivity contribution >= 4 is 5.91 Å². The van der Waals surface area contributed by atoms with E-state index >= 15 is 0 Å². The maximum atomic E-state index is 12.0. The molecule has 18 heavy (non-hydrogen) atoms. The van der Waals surface area contributed by atoms with E-state index in [9.17, 15) is 4.79 Å². The number of hydrogen-bond acceptors (Lipinski definition) is 2. The van der Waals surface area contributed by atoms with Crippen molar-refractivity contribution < 1.29 is 4.79 Å². The maximum Gasteiger partial charge on any atom is 0.227 e. The summed E-state index contributed by atoms with van der Waals surface area (Å²) in [5.41, 5.74) is 2.14. The number of amides is 1. The second-order valence-electron chi connectivity index (χ2n) is 4.27. The average molecular weight is 240 g/mol. The topological polar surface area (TPSA) is 33.2 Å². The summed E-state index contributed by atoms with van der Waals surface area (Å²) in [6.45, 7) is 0.644. The van der Waals surface area contributed by atoms with Gasteiger partial charge < -0.3 is 4.90 Å². The van der Waals surface area contributed by atoms with Gasteiger partial charge >= 0.3 is 0 Å². The molecule has 0 atom stereocenters. The first kappa shape index (κ1) is 12.3. The second kappa shape index (κ2) is 5.96. The summed E-state index contributed by atoms with van der Waals surface area (Å²) in [5.74, 6) is 0.116. The third-order valence-electron chi connectivity index (χ3n) is 2.79. The zero-order chi connectivity index (χ0) is 12.8. The predicted molar refractivity (Wildman–Crippen MR) is 70.9 cm³/mol. The first-order valence-corrected chi connectivity index (χ1v) is 5.92. The van der Waals surface area contributed by atoms with Crippen LogP contribution in [0.1, 0.15) is 11.1 Å². The molecule has 0 fully saturated rings. The summed E-state index contributed by atoms with van der Waals surface area (Å²) in [4.78, 5) is 17.7. The van der Waals surface area contributed by atoms with Crippen LogP contribution in [-0.4, -0.2) is 22.8 Å².